The summed E-state index contributed by atoms with van der Waals surface area (Å²) in [5, 5.41) is 4.83. The Balaban J connectivity index is 1.86. The van der Waals surface area contributed by atoms with Crippen molar-refractivity contribution in [3.8, 4) is 5.75 Å². The Morgan fingerprint density at radius 1 is 0.759 bits per heavy atom. The molecule has 0 N–H and O–H groups in total. The predicted octanol–water partition coefficient (Wildman–Crippen LogP) is 5.87. The van der Waals surface area contributed by atoms with Gasteiger partial charge in [0.15, 0.2) is 0 Å². The van der Waals surface area contributed by atoms with Crippen molar-refractivity contribution in [1.29, 1.82) is 0 Å². The van der Waals surface area contributed by atoms with Gasteiger partial charge in [-0.15, -0.1) is 0 Å². The molecule has 146 valence electrons. The summed E-state index contributed by atoms with van der Waals surface area (Å²) in [6.45, 7) is 5.44. The lowest BCUT2D eigenvalue weighted by Crippen LogP contribution is -2.29. The highest BCUT2D eigenvalue weighted by molar-refractivity contribution is 6.09. The van der Waals surface area contributed by atoms with Crippen LogP contribution in [0.25, 0.3) is 21.5 Å². The van der Waals surface area contributed by atoms with Gasteiger partial charge in [0.25, 0.3) is 0 Å². The fourth-order valence-electron chi connectivity index (χ4n) is 4.34. The minimum Gasteiger partial charge on any atom is -0.497 e. The van der Waals surface area contributed by atoms with Gasteiger partial charge in [0.05, 0.1) is 20.3 Å². The van der Waals surface area contributed by atoms with E-state index >= 15 is 0 Å². The van der Waals surface area contributed by atoms with Crippen molar-refractivity contribution in [1.82, 2.24) is 0 Å². The largest absolute Gasteiger partial charge is 0.497 e. The molecule has 1 aliphatic heterocycles. The van der Waals surface area contributed by atoms with Crippen molar-refractivity contribution >= 4 is 21.5 Å². The van der Waals surface area contributed by atoms with Crippen LogP contribution < -0.4 is 4.74 Å². The summed E-state index contributed by atoms with van der Waals surface area (Å²) < 4.78 is 18.0. The number of aryl methyl sites for hydroxylation is 2. The molecule has 0 radical (unpaired) electrons. The third-order valence-electron chi connectivity index (χ3n) is 5.99. The average molecular weight is 384 g/mol. The van der Waals surface area contributed by atoms with Crippen LogP contribution in [0.15, 0.2) is 66.7 Å². The molecule has 4 aromatic carbocycles. The van der Waals surface area contributed by atoms with Crippen molar-refractivity contribution < 1.29 is 14.2 Å². The summed E-state index contributed by atoms with van der Waals surface area (Å²) in [4.78, 5) is 0. The third kappa shape index (κ3) is 2.81. The lowest BCUT2D eigenvalue weighted by atomic mass is 9.87. The van der Waals surface area contributed by atoms with Gasteiger partial charge >= 0.3 is 0 Å². The molecule has 0 unspecified atom stereocenters. The summed E-state index contributed by atoms with van der Waals surface area (Å²) in [7, 11) is 1.68. The van der Waals surface area contributed by atoms with E-state index in [9.17, 15) is 0 Å². The van der Waals surface area contributed by atoms with E-state index in [0.717, 1.165) is 16.9 Å². The molecule has 4 aromatic rings. The zero-order chi connectivity index (χ0) is 20.0. The lowest BCUT2D eigenvalue weighted by Gasteiger charge is -2.30. The molecule has 29 heavy (non-hydrogen) atoms. The number of methoxy groups -OCH3 is 1. The first-order valence-corrected chi connectivity index (χ1v) is 9.98. The Morgan fingerprint density at radius 3 is 2.10 bits per heavy atom. The minimum atomic E-state index is -0.920. The Hall–Kier alpha value is -2.88. The minimum absolute atomic E-state index is 0.561. The smallest absolute Gasteiger partial charge is 0.223 e. The summed E-state index contributed by atoms with van der Waals surface area (Å²) in [5.41, 5.74) is 4.58. The van der Waals surface area contributed by atoms with E-state index in [0.29, 0.717) is 13.2 Å². The van der Waals surface area contributed by atoms with Gasteiger partial charge in [-0.3, -0.25) is 0 Å². The van der Waals surface area contributed by atoms with Gasteiger partial charge in [-0.05, 0) is 76.9 Å². The number of benzene rings is 4. The van der Waals surface area contributed by atoms with Gasteiger partial charge in [-0.25, -0.2) is 0 Å². The van der Waals surface area contributed by atoms with Crippen LogP contribution in [-0.2, 0) is 15.3 Å². The molecule has 1 saturated heterocycles. The number of rotatable bonds is 3. The van der Waals surface area contributed by atoms with E-state index in [4.69, 9.17) is 14.2 Å². The Morgan fingerprint density at radius 2 is 1.41 bits per heavy atom. The second kappa shape index (κ2) is 6.87. The van der Waals surface area contributed by atoms with E-state index in [2.05, 4.69) is 56.3 Å². The summed E-state index contributed by atoms with van der Waals surface area (Å²) in [5.74, 6) is -0.104. The van der Waals surface area contributed by atoms with E-state index in [1.54, 1.807) is 7.11 Å². The normalized spacial score (nSPS) is 15.8. The molecule has 0 bridgehead atoms. The van der Waals surface area contributed by atoms with Crippen molar-refractivity contribution in [2.45, 2.75) is 19.6 Å². The molecule has 0 aromatic heterocycles. The first-order chi connectivity index (χ1) is 14.1. The maximum Gasteiger partial charge on any atom is 0.223 e. The first kappa shape index (κ1) is 18.2. The maximum atomic E-state index is 6.35. The highest BCUT2D eigenvalue weighted by atomic mass is 16.7. The van der Waals surface area contributed by atoms with Gasteiger partial charge < -0.3 is 14.2 Å². The van der Waals surface area contributed by atoms with Gasteiger partial charge in [-0.2, -0.15) is 0 Å². The fraction of sp³-hybridized carbons (Fsp3) is 0.231. The van der Waals surface area contributed by atoms with E-state index in [1.807, 2.05) is 24.3 Å². The molecule has 0 amide bonds. The van der Waals surface area contributed by atoms with Crippen molar-refractivity contribution in [2.75, 3.05) is 20.3 Å². The van der Waals surface area contributed by atoms with Crippen LogP contribution >= 0.6 is 0 Å². The Bertz CT molecular complexity index is 1200. The Kier molecular flexibility index (Phi) is 4.30. The second-order valence-corrected chi connectivity index (χ2v) is 7.67. The van der Waals surface area contributed by atoms with E-state index in [-0.39, 0.29) is 0 Å². The number of hydrogen-bond acceptors (Lipinski definition) is 3. The zero-order valence-corrected chi connectivity index (χ0v) is 17.0. The molecule has 0 atom stereocenters. The van der Waals surface area contributed by atoms with E-state index < -0.39 is 5.79 Å². The van der Waals surface area contributed by atoms with Gasteiger partial charge in [0.1, 0.15) is 5.75 Å². The quantitative estimate of drug-likeness (QED) is 0.414. The van der Waals surface area contributed by atoms with Crippen LogP contribution in [0, 0.1) is 13.8 Å². The standard InChI is InChI=1S/C26H24O3/c1-17-14-23-22-7-5-4-6-19(22)16-25(24(23)15-18(17)2)26(28-12-13-29-26)20-8-10-21(27-3)11-9-20/h4-11,14-16H,12-13H2,1-3H3. The SMILES string of the molecule is COc1ccc(C2(c3cc4ccccc4c4cc(C)c(C)cc34)OCCO2)cc1. The molecule has 0 saturated carbocycles. The van der Waals surface area contributed by atoms with Crippen molar-refractivity contribution in [3.05, 3.63) is 89.0 Å². The average Bonchev–Trinajstić information content (AvgIpc) is 3.25. The van der Waals surface area contributed by atoms with Gasteiger partial charge in [0.2, 0.25) is 5.79 Å². The predicted molar refractivity (Wildman–Crippen MR) is 117 cm³/mol. The van der Waals surface area contributed by atoms with Crippen LogP contribution in [0.5, 0.6) is 5.75 Å². The molecule has 5 rings (SSSR count). The topological polar surface area (TPSA) is 27.7 Å². The van der Waals surface area contributed by atoms with Crippen LogP contribution in [0.1, 0.15) is 22.3 Å². The number of hydrogen-bond donors (Lipinski definition) is 0. The molecule has 0 spiro atoms. The monoisotopic (exact) mass is 384 g/mol. The second-order valence-electron chi connectivity index (χ2n) is 7.67. The fourth-order valence-corrected chi connectivity index (χ4v) is 4.34. The summed E-state index contributed by atoms with van der Waals surface area (Å²) >= 11 is 0. The van der Waals surface area contributed by atoms with E-state index in [1.165, 1.54) is 32.7 Å². The maximum absolute atomic E-state index is 6.35. The van der Waals surface area contributed by atoms with Crippen LogP contribution in [-0.4, -0.2) is 20.3 Å². The van der Waals surface area contributed by atoms with Gasteiger partial charge in [0, 0.05) is 11.1 Å². The molecular weight excluding hydrogens is 360 g/mol. The van der Waals surface area contributed by atoms with Crippen LogP contribution in [0.2, 0.25) is 0 Å². The highest BCUT2D eigenvalue weighted by Crippen LogP contribution is 2.44. The molecule has 3 nitrogen and oxygen atoms in total. The summed E-state index contributed by atoms with van der Waals surface area (Å²) in [6.07, 6.45) is 0. The Labute approximate surface area is 170 Å². The van der Waals surface area contributed by atoms with Crippen LogP contribution in [0.3, 0.4) is 0 Å². The van der Waals surface area contributed by atoms with Crippen molar-refractivity contribution in [2.24, 2.45) is 0 Å². The molecular formula is C26H24O3. The number of ether oxygens (including phenoxy) is 3. The molecule has 3 heteroatoms. The van der Waals surface area contributed by atoms with Crippen LogP contribution in [0.4, 0.5) is 0 Å². The van der Waals surface area contributed by atoms with Gasteiger partial charge in [-0.1, -0.05) is 36.4 Å². The summed E-state index contributed by atoms with van der Waals surface area (Å²) in [6, 6.07) is 23.3. The number of fused-ring (bicyclic) bond motifs is 3. The third-order valence-corrected chi connectivity index (χ3v) is 5.99. The molecule has 1 fully saturated rings. The first-order valence-electron chi connectivity index (χ1n) is 9.98. The zero-order valence-electron chi connectivity index (χ0n) is 17.0. The molecule has 1 aliphatic rings. The van der Waals surface area contributed by atoms with Crippen molar-refractivity contribution in [3.63, 3.8) is 0 Å². The lowest BCUT2D eigenvalue weighted by molar-refractivity contribution is -0.128. The molecule has 0 aliphatic carbocycles. The highest BCUT2D eigenvalue weighted by Gasteiger charge is 2.42. The molecule has 1 heterocycles.